The van der Waals surface area contributed by atoms with Gasteiger partial charge in [-0.05, 0) is 12.8 Å². The molecule has 1 aliphatic rings. The molecule has 0 aliphatic carbocycles. The summed E-state index contributed by atoms with van der Waals surface area (Å²) >= 11 is 3.31. The molecule has 1 heterocycles. The molecule has 6 nitrogen and oxygen atoms in total. The van der Waals surface area contributed by atoms with Gasteiger partial charge < -0.3 is 29.5 Å². The van der Waals surface area contributed by atoms with Crippen molar-refractivity contribution in [1.29, 1.82) is 0 Å². The molecule has 0 unspecified atom stereocenters. The predicted octanol–water partition coefficient (Wildman–Crippen LogP) is -0.368. The van der Waals surface area contributed by atoms with Crippen LogP contribution in [0.3, 0.4) is 0 Å². The van der Waals surface area contributed by atoms with Crippen molar-refractivity contribution in [2.75, 3.05) is 25.7 Å². The second-order valence-corrected chi connectivity index (χ2v) is 4.97. The highest BCUT2D eigenvalue weighted by molar-refractivity contribution is 9.09. The van der Waals surface area contributed by atoms with Crippen molar-refractivity contribution in [3.63, 3.8) is 0 Å². The Morgan fingerprint density at radius 2 is 1.94 bits per heavy atom. The molecular weight excluding hydrogens is 308 g/mol. The molecule has 3 N–H and O–H groups in total. The van der Waals surface area contributed by atoms with E-state index in [1.165, 1.54) is 7.11 Å². The van der Waals surface area contributed by atoms with Crippen LogP contribution in [-0.2, 0) is 14.2 Å². The standard InChI is InChI=1S/C11H21BrO6/c1-16-11-9(15)10(17-5-3-2-4-12)8(14)7(6-13)18-11/h7-11,13-15H,2-6H2,1H3/t7-,8+,9-,10+,11-/m1/s1. The van der Waals surface area contributed by atoms with Crippen LogP contribution in [0.1, 0.15) is 12.8 Å². The van der Waals surface area contributed by atoms with E-state index in [0.29, 0.717) is 6.61 Å². The molecule has 1 rings (SSSR count). The van der Waals surface area contributed by atoms with Crippen molar-refractivity contribution >= 4 is 15.9 Å². The third-order valence-electron chi connectivity index (χ3n) is 2.89. The van der Waals surface area contributed by atoms with Gasteiger partial charge in [-0.3, -0.25) is 0 Å². The monoisotopic (exact) mass is 328 g/mol. The van der Waals surface area contributed by atoms with Crippen molar-refractivity contribution in [2.24, 2.45) is 0 Å². The fraction of sp³-hybridized carbons (Fsp3) is 1.00. The quantitative estimate of drug-likeness (QED) is 0.436. The van der Waals surface area contributed by atoms with E-state index in [1.807, 2.05) is 0 Å². The fourth-order valence-corrected chi connectivity index (χ4v) is 2.26. The number of hydrogen-bond donors (Lipinski definition) is 3. The topological polar surface area (TPSA) is 88.4 Å². The molecule has 0 aromatic rings. The SMILES string of the molecule is CO[C@@H]1O[C@H](CO)[C@H](O)[C@H](OCCCCBr)[C@H]1O. The van der Waals surface area contributed by atoms with Crippen LogP contribution >= 0.6 is 15.9 Å². The summed E-state index contributed by atoms with van der Waals surface area (Å²) in [7, 11) is 1.39. The Morgan fingerprint density at radius 1 is 1.22 bits per heavy atom. The highest BCUT2D eigenvalue weighted by atomic mass is 79.9. The van der Waals surface area contributed by atoms with Gasteiger partial charge in [0.25, 0.3) is 0 Å². The summed E-state index contributed by atoms with van der Waals surface area (Å²) in [5, 5.41) is 29.9. The first-order valence-corrected chi connectivity index (χ1v) is 7.10. The first kappa shape index (κ1) is 16.3. The van der Waals surface area contributed by atoms with Gasteiger partial charge in [-0.1, -0.05) is 15.9 Å². The first-order chi connectivity index (χ1) is 8.65. The highest BCUT2D eigenvalue weighted by Crippen LogP contribution is 2.24. The van der Waals surface area contributed by atoms with E-state index < -0.39 is 30.7 Å². The molecule has 0 saturated carbocycles. The molecule has 0 amide bonds. The Hall–Kier alpha value is 0.240. The second kappa shape index (κ2) is 8.42. The molecule has 0 aromatic carbocycles. The third-order valence-corrected chi connectivity index (χ3v) is 3.45. The lowest BCUT2D eigenvalue weighted by Crippen LogP contribution is -2.59. The van der Waals surface area contributed by atoms with Crippen molar-refractivity contribution in [3.05, 3.63) is 0 Å². The molecular formula is C11H21BrO6. The van der Waals surface area contributed by atoms with E-state index in [2.05, 4.69) is 15.9 Å². The largest absolute Gasteiger partial charge is 0.394 e. The summed E-state index contributed by atoms with van der Waals surface area (Å²) in [6.45, 7) is 0.0774. The summed E-state index contributed by atoms with van der Waals surface area (Å²) < 4.78 is 15.6. The van der Waals surface area contributed by atoms with E-state index in [1.54, 1.807) is 0 Å². The lowest BCUT2D eigenvalue weighted by atomic mass is 9.99. The molecule has 7 heteroatoms. The van der Waals surface area contributed by atoms with Crippen LogP contribution in [0.4, 0.5) is 0 Å². The second-order valence-electron chi connectivity index (χ2n) is 4.17. The van der Waals surface area contributed by atoms with Gasteiger partial charge in [0.05, 0.1) is 6.61 Å². The number of methoxy groups -OCH3 is 1. The molecule has 0 spiro atoms. The molecule has 18 heavy (non-hydrogen) atoms. The van der Waals surface area contributed by atoms with Crippen LogP contribution in [0.15, 0.2) is 0 Å². The lowest BCUT2D eigenvalue weighted by Gasteiger charge is -2.41. The number of aliphatic hydroxyl groups excluding tert-OH is 3. The Balaban J connectivity index is 2.54. The van der Waals surface area contributed by atoms with Crippen LogP contribution in [0, 0.1) is 0 Å². The number of hydrogen-bond acceptors (Lipinski definition) is 6. The lowest BCUT2D eigenvalue weighted by molar-refractivity contribution is -0.301. The van der Waals surface area contributed by atoms with Gasteiger partial charge in [-0.25, -0.2) is 0 Å². The summed E-state index contributed by atoms with van der Waals surface area (Å²) in [5.74, 6) is 0. The third kappa shape index (κ3) is 4.12. The average Bonchev–Trinajstić information content (AvgIpc) is 2.38. The van der Waals surface area contributed by atoms with Crippen molar-refractivity contribution in [1.82, 2.24) is 0 Å². The maximum Gasteiger partial charge on any atom is 0.186 e. The van der Waals surface area contributed by atoms with Gasteiger partial charge in [0, 0.05) is 19.0 Å². The predicted molar refractivity (Wildman–Crippen MR) is 67.5 cm³/mol. The van der Waals surface area contributed by atoms with Gasteiger partial charge in [-0.15, -0.1) is 0 Å². The van der Waals surface area contributed by atoms with Crippen LogP contribution < -0.4 is 0 Å². The minimum absolute atomic E-state index is 0.352. The number of alkyl halides is 1. The van der Waals surface area contributed by atoms with E-state index in [-0.39, 0.29) is 6.61 Å². The van der Waals surface area contributed by atoms with Crippen LogP contribution in [-0.4, -0.2) is 71.7 Å². The number of ether oxygens (including phenoxy) is 3. The van der Waals surface area contributed by atoms with Gasteiger partial charge in [0.2, 0.25) is 0 Å². The zero-order chi connectivity index (χ0) is 13.5. The maximum atomic E-state index is 9.94. The molecule has 0 radical (unpaired) electrons. The number of aliphatic hydroxyl groups is 3. The number of unbranched alkanes of at least 4 members (excludes halogenated alkanes) is 1. The molecule has 0 aromatic heterocycles. The van der Waals surface area contributed by atoms with E-state index in [4.69, 9.17) is 19.3 Å². The summed E-state index contributed by atoms with van der Waals surface area (Å²) in [4.78, 5) is 0. The highest BCUT2D eigenvalue weighted by Gasteiger charge is 2.45. The molecule has 1 aliphatic heterocycles. The minimum atomic E-state index is -1.07. The molecule has 1 saturated heterocycles. The van der Waals surface area contributed by atoms with Crippen molar-refractivity contribution in [2.45, 2.75) is 43.5 Å². The van der Waals surface area contributed by atoms with E-state index >= 15 is 0 Å². The minimum Gasteiger partial charge on any atom is -0.394 e. The summed E-state index contributed by atoms with van der Waals surface area (Å²) in [5.41, 5.74) is 0. The summed E-state index contributed by atoms with van der Waals surface area (Å²) in [6, 6.07) is 0. The average molecular weight is 329 g/mol. The zero-order valence-corrected chi connectivity index (χ0v) is 12.0. The van der Waals surface area contributed by atoms with Crippen LogP contribution in [0.2, 0.25) is 0 Å². The van der Waals surface area contributed by atoms with Gasteiger partial charge >= 0.3 is 0 Å². The number of halogens is 1. The van der Waals surface area contributed by atoms with Crippen LogP contribution in [0.25, 0.3) is 0 Å². The van der Waals surface area contributed by atoms with Crippen molar-refractivity contribution in [3.8, 4) is 0 Å². The van der Waals surface area contributed by atoms with Gasteiger partial charge in [-0.2, -0.15) is 0 Å². The zero-order valence-electron chi connectivity index (χ0n) is 10.4. The Morgan fingerprint density at radius 3 is 2.50 bits per heavy atom. The molecule has 5 atom stereocenters. The fourth-order valence-electron chi connectivity index (χ4n) is 1.86. The summed E-state index contributed by atoms with van der Waals surface area (Å²) in [6.07, 6.45) is -2.88. The Kier molecular flexibility index (Phi) is 7.62. The smallest absolute Gasteiger partial charge is 0.186 e. The van der Waals surface area contributed by atoms with Crippen LogP contribution in [0.5, 0.6) is 0 Å². The normalized spacial score (nSPS) is 36.8. The first-order valence-electron chi connectivity index (χ1n) is 5.98. The van der Waals surface area contributed by atoms with E-state index in [9.17, 15) is 10.2 Å². The molecule has 1 fully saturated rings. The Bertz CT molecular complexity index is 214. The van der Waals surface area contributed by atoms with E-state index in [0.717, 1.165) is 18.2 Å². The molecule has 0 bridgehead atoms. The van der Waals surface area contributed by atoms with Gasteiger partial charge in [0.1, 0.15) is 24.4 Å². The Labute approximate surface area is 115 Å². The van der Waals surface area contributed by atoms with Crippen molar-refractivity contribution < 1.29 is 29.5 Å². The molecule has 108 valence electrons. The number of rotatable bonds is 7. The van der Waals surface area contributed by atoms with Gasteiger partial charge in [0.15, 0.2) is 6.29 Å². The maximum absolute atomic E-state index is 9.94.